The van der Waals surface area contributed by atoms with E-state index in [1.807, 2.05) is 42.5 Å². The van der Waals surface area contributed by atoms with Gasteiger partial charge >= 0.3 is 22.3 Å². The van der Waals surface area contributed by atoms with Gasteiger partial charge in [0.05, 0.1) is 24.1 Å². The zero-order valence-electron chi connectivity index (χ0n) is 21.3. The lowest BCUT2D eigenvalue weighted by Gasteiger charge is -2.23. The molecule has 4 aromatic carbocycles. The highest BCUT2D eigenvalue weighted by atomic mass is 32.2. The number of halogens is 3. The van der Waals surface area contributed by atoms with E-state index < -0.39 is 26.8 Å². The number of amides is 2. The molecule has 0 radical (unpaired) electrons. The highest BCUT2D eigenvalue weighted by Crippen LogP contribution is 2.31. The third-order valence-electron chi connectivity index (χ3n) is 6.20. The third kappa shape index (κ3) is 6.69. The van der Waals surface area contributed by atoms with Gasteiger partial charge in [-0.15, -0.1) is 0 Å². The molecule has 1 heterocycles. The Bertz CT molecular complexity index is 1770. The summed E-state index contributed by atoms with van der Waals surface area (Å²) in [5.74, 6) is 0.467. The number of carbonyl (C=O) groups is 1. The van der Waals surface area contributed by atoms with E-state index in [4.69, 9.17) is 8.60 Å². The highest BCUT2D eigenvalue weighted by Gasteiger charge is 2.32. The lowest BCUT2D eigenvalue weighted by atomic mass is 10.1. The molecule has 0 fully saturated rings. The van der Waals surface area contributed by atoms with Gasteiger partial charge in [-0.05, 0) is 59.5 Å². The summed E-state index contributed by atoms with van der Waals surface area (Å²) < 4.78 is 74.8. The van der Waals surface area contributed by atoms with Crippen molar-refractivity contribution in [2.45, 2.75) is 24.2 Å². The van der Waals surface area contributed by atoms with E-state index in [1.165, 1.54) is 23.3 Å². The fourth-order valence-corrected chi connectivity index (χ4v) is 5.17. The molecular formula is C30H23F3N2O5S. The molecule has 1 N–H and O–H groups in total. The van der Waals surface area contributed by atoms with Gasteiger partial charge in [0, 0.05) is 11.9 Å². The van der Waals surface area contributed by atoms with Crippen molar-refractivity contribution < 1.29 is 35.0 Å². The second kappa shape index (κ2) is 11.4. The van der Waals surface area contributed by atoms with E-state index in [2.05, 4.69) is 5.32 Å². The molecule has 41 heavy (non-hydrogen) atoms. The van der Waals surface area contributed by atoms with Crippen LogP contribution in [0.3, 0.4) is 0 Å². The van der Waals surface area contributed by atoms with Crippen LogP contribution in [0.5, 0.6) is 5.75 Å². The summed E-state index contributed by atoms with van der Waals surface area (Å²) in [4.78, 5) is 14.3. The summed E-state index contributed by atoms with van der Waals surface area (Å²) in [5.41, 5.74) is 0.186. The Morgan fingerprint density at radius 3 is 2.32 bits per heavy atom. The van der Waals surface area contributed by atoms with Crippen LogP contribution in [0.2, 0.25) is 0 Å². The van der Waals surface area contributed by atoms with Crippen molar-refractivity contribution in [3.05, 3.63) is 126 Å². The monoisotopic (exact) mass is 580 g/mol. The molecule has 0 aliphatic heterocycles. The first kappa shape index (κ1) is 27.8. The van der Waals surface area contributed by atoms with Crippen LogP contribution in [0, 0.1) is 0 Å². The number of urea groups is 1. The number of anilines is 1. The Kier molecular flexibility index (Phi) is 7.71. The number of nitrogens with one attached hydrogen (secondary N) is 1. The Labute approximate surface area is 233 Å². The van der Waals surface area contributed by atoms with E-state index in [1.54, 1.807) is 24.3 Å². The summed E-state index contributed by atoms with van der Waals surface area (Å²) in [6.45, 7) is 0.295. The predicted molar refractivity (Wildman–Crippen MR) is 147 cm³/mol. The van der Waals surface area contributed by atoms with Crippen molar-refractivity contribution in [3.63, 3.8) is 0 Å². The van der Waals surface area contributed by atoms with Gasteiger partial charge in [0.1, 0.15) is 16.4 Å². The Hall–Kier alpha value is -4.77. The SMILES string of the molecule is O=C(Nc1cccc2ccccc12)N(Cc1ccc(OS(=O)(=O)c2cccc(C(F)(F)F)c2)cc1)Cc1ccco1. The van der Waals surface area contributed by atoms with E-state index in [0.717, 1.165) is 29.0 Å². The molecule has 7 nitrogen and oxygen atoms in total. The zero-order chi connectivity index (χ0) is 29.0. The fourth-order valence-electron chi connectivity index (χ4n) is 4.19. The molecule has 1 aromatic heterocycles. The van der Waals surface area contributed by atoms with Crippen LogP contribution >= 0.6 is 0 Å². The van der Waals surface area contributed by atoms with Crippen molar-refractivity contribution in [2.75, 3.05) is 5.32 Å². The maximum atomic E-state index is 13.4. The molecule has 0 spiro atoms. The minimum Gasteiger partial charge on any atom is -0.467 e. The van der Waals surface area contributed by atoms with Crippen molar-refractivity contribution in [1.82, 2.24) is 4.90 Å². The number of hydrogen-bond donors (Lipinski definition) is 1. The molecule has 11 heteroatoms. The minimum absolute atomic E-state index is 0.0936. The van der Waals surface area contributed by atoms with Gasteiger partial charge in [0.25, 0.3) is 0 Å². The van der Waals surface area contributed by atoms with Gasteiger partial charge in [-0.2, -0.15) is 21.6 Å². The van der Waals surface area contributed by atoms with Crippen LogP contribution in [0.4, 0.5) is 23.7 Å². The van der Waals surface area contributed by atoms with Gasteiger partial charge in [0.2, 0.25) is 0 Å². The van der Waals surface area contributed by atoms with Gasteiger partial charge in [0.15, 0.2) is 0 Å². The topological polar surface area (TPSA) is 88.9 Å². The van der Waals surface area contributed by atoms with Crippen molar-refractivity contribution >= 4 is 32.6 Å². The maximum absolute atomic E-state index is 13.4. The van der Waals surface area contributed by atoms with Crippen molar-refractivity contribution in [1.29, 1.82) is 0 Å². The quantitative estimate of drug-likeness (QED) is 0.193. The predicted octanol–water partition coefficient (Wildman–Crippen LogP) is 7.45. The molecule has 210 valence electrons. The molecule has 5 rings (SSSR count). The molecule has 0 unspecified atom stereocenters. The molecule has 0 saturated heterocycles. The second-order valence-corrected chi connectivity index (χ2v) is 10.6. The average Bonchev–Trinajstić information content (AvgIpc) is 3.47. The average molecular weight is 581 g/mol. The molecular weight excluding hydrogens is 557 g/mol. The number of furan rings is 1. The molecule has 5 aromatic rings. The van der Waals surface area contributed by atoms with Gasteiger partial charge in [-0.1, -0.05) is 54.6 Å². The van der Waals surface area contributed by atoms with Crippen LogP contribution in [-0.4, -0.2) is 19.3 Å². The van der Waals surface area contributed by atoms with E-state index in [9.17, 15) is 26.4 Å². The largest absolute Gasteiger partial charge is 0.467 e. The molecule has 0 atom stereocenters. The molecule has 0 bridgehead atoms. The summed E-state index contributed by atoms with van der Waals surface area (Å²) in [6, 6.07) is 25.5. The van der Waals surface area contributed by atoms with E-state index in [-0.39, 0.29) is 24.9 Å². The van der Waals surface area contributed by atoms with E-state index >= 15 is 0 Å². The number of rotatable bonds is 8. The summed E-state index contributed by atoms with van der Waals surface area (Å²) in [5, 5.41) is 4.80. The number of carbonyl (C=O) groups excluding carboxylic acids is 1. The van der Waals surface area contributed by atoms with Crippen LogP contribution in [-0.2, 0) is 29.4 Å². The smallest absolute Gasteiger partial charge is 0.416 e. The number of hydrogen-bond acceptors (Lipinski definition) is 5. The van der Waals surface area contributed by atoms with Gasteiger partial charge in [-0.25, -0.2) is 4.79 Å². The Morgan fingerprint density at radius 1 is 0.854 bits per heavy atom. The normalized spacial score (nSPS) is 11.8. The lowest BCUT2D eigenvalue weighted by molar-refractivity contribution is -0.137. The second-order valence-electron chi connectivity index (χ2n) is 9.10. The lowest BCUT2D eigenvalue weighted by Crippen LogP contribution is -2.34. The molecule has 0 aliphatic rings. The van der Waals surface area contributed by atoms with Crippen LogP contribution < -0.4 is 9.50 Å². The van der Waals surface area contributed by atoms with E-state index in [0.29, 0.717) is 23.1 Å². The highest BCUT2D eigenvalue weighted by molar-refractivity contribution is 7.87. The molecule has 0 aliphatic carbocycles. The first-order valence-corrected chi connectivity index (χ1v) is 13.8. The first-order chi connectivity index (χ1) is 19.6. The maximum Gasteiger partial charge on any atom is 0.416 e. The van der Waals surface area contributed by atoms with Crippen LogP contribution in [0.25, 0.3) is 10.8 Å². The summed E-state index contributed by atoms with van der Waals surface area (Å²) in [6.07, 6.45) is -3.19. The minimum atomic E-state index is -4.70. The van der Waals surface area contributed by atoms with Crippen molar-refractivity contribution in [3.8, 4) is 5.75 Å². The fraction of sp³-hybridized carbons (Fsp3) is 0.100. The number of fused-ring (bicyclic) bond motifs is 1. The number of nitrogens with zero attached hydrogens (tertiary/aromatic N) is 1. The molecule has 0 saturated carbocycles. The van der Waals surface area contributed by atoms with Crippen LogP contribution in [0.15, 0.2) is 119 Å². The summed E-state index contributed by atoms with van der Waals surface area (Å²) in [7, 11) is -4.52. The van der Waals surface area contributed by atoms with Crippen LogP contribution in [0.1, 0.15) is 16.9 Å². The summed E-state index contributed by atoms with van der Waals surface area (Å²) >= 11 is 0. The zero-order valence-corrected chi connectivity index (χ0v) is 22.2. The van der Waals surface area contributed by atoms with Gasteiger partial charge < -0.3 is 18.8 Å². The first-order valence-electron chi connectivity index (χ1n) is 12.4. The Balaban J connectivity index is 1.33. The number of alkyl halides is 3. The number of benzene rings is 4. The Morgan fingerprint density at radius 2 is 1.59 bits per heavy atom. The third-order valence-corrected chi connectivity index (χ3v) is 7.44. The van der Waals surface area contributed by atoms with Gasteiger partial charge in [-0.3, -0.25) is 0 Å². The van der Waals surface area contributed by atoms with Crippen molar-refractivity contribution in [2.24, 2.45) is 0 Å². The standard InChI is InChI=1S/C30H23F3N2O5S/c31-30(32,33)23-8-4-10-26(18-23)41(37,38)40-24-15-13-21(14-16-24)19-35(20-25-9-5-17-39-25)29(36)34-28-12-3-7-22-6-1-2-11-27(22)28/h1-18H,19-20H2,(H,34,36). The molecule has 2 amide bonds.